The van der Waals surface area contributed by atoms with Gasteiger partial charge in [-0.3, -0.25) is 0 Å². The van der Waals surface area contributed by atoms with Crippen LogP contribution in [0.2, 0.25) is 0 Å². The molecule has 0 saturated heterocycles. The van der Waals surface area contributed by atoms with Crippen LogP contribution in [0.25, 0.3) is 0 Å². The summed E-state index contributed by atoms with van der Waals surface area (Å²) in [6.07, 6.45) is 5.41. The summed E-state index contributed by atoms with van der Waals surface area (Å²) in [5, 5.41) is 0. The van der Waals surface area contributed by atoms with E-state index in [-0.39, 0.29) is 0 Å². The Morgan fingerprint density at radius 3 is 2.05 bits per heavy atom. The molecule has 0 bridgehead atoms. The van der Waals surface area contributed by atoms with Gasteiger partial charge in [0.2, 0.25) is 0 Å². The van der Waals surface area contributed by atoms with Crippen molar-refractivity contribution in [3.8, 4) is 0 Å². The zero-order valence-corrected chi connectivity index (χ0v) is 12.6. The lowest BCUT2D eigenvalue weighted by Crippen LogP contribution is -2.10. The van der Waals surface area contributed by atoms with Crippen molar-refractivity contribution in [1.82, 2.24) is 0 Å². The summed E-state index contributed by atoms with van der Waals surface area (Å²) in [5.74, 6) is -0.434. The second-order valence-corrected chi connectivity index (χ2v) is 5.82. The summed E-state index contributed by atoms with van der Waals surface area (Å²) in [7, 11) is 1.97. The van der Waals surface area contributed by atoms with E-state index in [0.29, 0.717) is 5.56 Å². The molecule has 1 aliphatic carbocycles. The summed E-state index contributed by atoms with van der Waals surface area (Å²) in [6, 6.07) is 15.2. The third kappa shape index (κ3) is 3.29. The van der Waals surface area contributed by atoms with E-state index in [0.717, 1.165) is 42.6 Å². The Hall–Kier alpha value is -1.76. The van der Waals surface area contributed by atoms with E-state index in [4.69, 9.17) is 5.48 Å². The predicted octanol–water partition coefficient (Wildman–Crippen LogP) is 5.81. The lowest BCUT2D eigenvalue weighted by atomic mass is 9.84. The molecule has 1 aliphatic rings. The second kappa shape index (κ2) is 6.34. The lowest BCUT2D eigenvalue weighted by molar-refractivity contribution is 0.443. The van der Waals surface area contributed by atoms with Gasteiger partial charge in [0.1, 0.15) is 0 Å². The standard InChI is InChI=1S/C20H25N/c1-16-8-12-19(13-9-16)21(2)20-14-10-18(11-15-20)17-6-4-3-5-7-17/h8-15,17H,3-7H2,1-2H3/i1D3,17D. The van der Waals surface area contributed by atoms with Crippen molar-refractivity contribution in [3.05, 3.63) is 59.7 Å². The molecule has 0 aliphatic heterocycles. The van der Waals surface area contributed by atoms with Crippen LogP contribution in [0.4, 0.5) is 11.4 Å². The van der Waals surface area contributed by atoms with Crippen LogP contribution in [0.3, 0.4) is 0 Å². The molecule has 1 saturated carbocycles. The smallest absolute Gasteiger partial charge is 0.0408 e. The summed E-state index contributed by atoms with van der Waals surface area (Å²) in [6.45, 7) is -2.07. The number of rotatable bonds is 3. The van der Waals surface area contributed by atoms with Gasteiger partial charge < -0.3 is 4.90 Å². The minimum absolute atomic E-state index is 0.355. The largest absolute Gasteiger partial charge is 0.345 e. The molecule has 0 spiro atoms. The fraction of sp³-hybridized carbons (Fsp3) is 0.400. The number of benzene rings is 2. The van der Waals surface area contributed by atoms with Crippen molar-refractivity contribution in [2.45, 2.75) is 44.8 Å². The third-order valence-electron chi connectivity index (χ3n) is 4.37. The highest BCUT2D eigenvalue weighted by atomic mass is 15.1. The van der Waals surface area contributed by atoms with Crippen molar-refractivity contribution in [2.75, 3.05) is 11.9 Å². The number of nitrogens with zero attached hydrogens (tertiary/aromatic N) is 1. The van der Waals surface area contributed by atoms with Crippen LogP contribution < -0.4 is 4.90 Å². The van der Waals surface area contributed by atoms with Crippen LogP contribution in [-0.2, 0) is 0 Å². The summed E-state index contributed by atoms with van der Waals surface area (Å²) in [4.78, 5) is 2.03. The van der Waals surface area contributed by atoms with Crippen LogP contribution in [0.15, 0.2) is 48.5 Å². The first-order valence-electron chi connectivity index (χ1n) is 9.74. The number of aryl methyl sites for hydroxylation is 1. The average molecular weight is 283 g/mol. The van der Waals surface area contributed by atoms with Gasteiger partial charge in [0.05, 0.1) is 0 Å². The molecule has 0 N–H and O–H groups in total. The molecule has 0 aromatic heterocycles. The molecule has 3 rings (SSSR count). The van der Waals surface area contributed by atoms with Crippen LogP contribution >= 0.6 is 0 Å². The Labute approximate surface area is 134 Å². The quantitative estimate of drug-likeness (QED) is 0.687. The molecule has 1 heteroatoms. The lowest BCUT2D eigenvalue weighted by Gasteiger charge is -2.24. The fourth-order valence-electron chi connectivity index (χ4n) is 3.02. The van der Waals surface area contributed by atoms with Crippen molar-refractivity contribution < 1.29 is 5.48 Å². The van der Waals surface area contributed by atoms with Gasteiger partial charge in [-0.25, -0.2) is 0 Å². The number of hydrogen-bond donors (Lipinski definition) is 0. The summed E-state index contributed by atoms with van der Waals surface area (Å²) in [5.41, 5.74) is 3.43. The first-order chi connectivity index (χ1) is 11.8. The Morgan fingerprint density at radius 1 is 0.905 bits per heavy atom. The molecular formula is C20H25N. The molecule has 0 atom stereocenters. The molecule has 0 amide bonds. The third-order valence-corrected chi connectivity index (χ3v) is 4.37. The highest BCUT2D eigenvalue weighted by Crippen LogP contribution is 2.34. The molecule has 0 unspecified atom stereocenters. The zero-order valence-electron chi connectivity index (χ0n) is 16.6. The van der Waals surface area contributed by atoms with Crippen molar-refractivity contribution in [3.63, 3.8) is 0 Å². The van der Waals surface area contributed by atoms with E-state index in [1.54, 1.807) is 12.1 Å². The van der Waals surface area contributed by atoms with Gasteiger partial charge in [0.15, 0.2) is 0 Å². The van der Waals surface area contributed by atoms with E-state index in [1.165, 1.54) is 6.42 Å². The fourth-order valence-corrected chi connectivity index (χ4v) is 3.02. The minimum Gasteiger partial charge on any atom is -0.345 e. The van der Waals surface area contributed by atoms with Crippen LogP contribution in [0.5, 0.6) is 0 Å². The molecule has 110 valence electrons. The molecule has 0 heterocycles. The van der Waals surface area contributed by atoms with E-state index in [9.17, 15) is 0 Å². The van der Waals surface area contributed by atoms with Crippen molar-refractivity contribution in [1.29, 1.82) is 0 Å². The molecule has 1 nitrogen and oxygen atoms in total. The molecule has 2 aromatic carbocycles. The maximum atomic E-state index is 8.72. The van der Waals surface area contributed by atoms with Crippen LogP contribution in [-0.4, -0.2) is 7.05 Å². The molecule has 1 fully saturated rings. The van der Waals surface area contributed by atoms with E-state index < -0.39 is 12.7 Å². The van der Waals surface area contributed by atoms with Gasteiger partial charge in [-0.15, -0.1) is 0 Å². The van der Waals surface area contributed by atoms with Gasteiger partial charge in [-0.1, -0.05) is 49.1 Å². The van der Waals surface area contributed by atoms with E-state index in [1.807, 2.05) is 24.1 Å². The Balaban J connectivity index is 1.77. The molecular weight excluding hydrogens is 254 g/mol. The van der Waals surface area contributed by atoms with Gasteiger partial charge in [0, 0.05) is 23.9 Å². The summed E-state index contributed by atoms with van der Waals surface area (Å²) < 4.78 is 31.1. The van der Waals surface area contributed by atoms with E-state index >= 15 is 0 Å². The SMILES string of the molecule is [2H]C([2H])([2H])c1ccc(N(C)c2ccc(C3([2H])CCCCC3)cc2)cc1. The summed E-state index contributed by atoms with van der Waals surface area (Å²) >= 11 is 0. The van der Waals surface area contributed by atoms with Gasteiger partial charge in [-0.05, 0) is 55.4 Å². The van der Waals surface area contributed by atoms with Gasteiger partial charge in [-0.2, -0.15) is 0 Å². The second-order valence-electron chi connectivity index (χ2n) is 5.82. The Morgan fingerprint density at radius 2 is 1.48 bits per heavy atom. The number of hydrogen-bond acceptors (Lipinski definition) is 1. The highest BCUT2D eigenvalue weighted by Gasteiger charge is 2.15. The first kappa shape index (κ1) is 10.0. The van der Waals surface area contributed by atoms with Crippen LogP contribution in [0, 0.1) is 6.85 Å². The number of anilines is 2. The predicted molar refractivity (Wildman–Crippen MR) is 91.5 cm³/mol. The van der Waals surface area contributed by atoms with Crippen LogP contribution in [0.1, 0.15) is 54.6 Å². The van der Waals surface area contributed by atoms with Crippen molar-refractivity contribution >= 4 is 11.4 Å². The first-order valence-corrected chi connectivity index (χ1v) is 7.74. The highest BCUT2D eigenvalue weighted by molar-refractivity contribution is 5.62. The minimum atomic E-state index is -2.07. The molecule has 21 heavy (non-hydrogen) atoms. The van der Waals surface area contributed by atoms with Gasteiger partial charge >= 0.3 is 0 Å². The van der Waals surface area contributed by atoms with E-state index in [2.05, 4.69) is 24.3 Å². The Bertz CT molecular complexity index is 698. The Kier molecular flexibility index (Phi) is 3.03. The van der Waals surface area contributed by atoms with Crippen molar-refractivity contribution in [2.24, 2.45) is 0 Å². The monoisotopic (exact) mass is 283 g/mol. The molecule has 0 radical (unpaired) electrons. The normalized spacial score (nSPS) is 20.8. The molecule has 2 aromatic rings. The van der Waals surface area contributed by atoms with Gasteiger partial charge in [0.25, 0.3) is 0 Å². The zero-order chi connectivity index (χ0) is 18.1. The average Bonchev–Trinajstić information content (AvgIpc) is 2.61. The topological polar surface area (TPSA) is 3.24 Å². The maximum absolute atomic E-state index is 8.72. The maximum Gasteiger partial charge on any atom is 0.0408 e.